The number of aliphatic hydroxyl groups excluding tert-OH is 1. The highest BCUT2D eigenvalue weighted by Crippen LogP contribution is 2.24. The van der Waals surface area contributed by atoms with Gasteiger partial charge in [0.1, 0.15) is 5.75 Å². The quantitative estimate of drug-likeness (QED) is 0.811. The monoisotopic (exact) mass is 335 g/mol. The Hall–Kier alpha value is -1.59. The Kier molecular flexibility index (Phi) is 6.63. The van der Waals surface area contributed by atoms with Crippen molar-refractivity contribution in [2.24, 2.45) is 0 Å². The van der Waals surface area contributed by atoms with Crippen LogP contribution in [0.4, 0.5) is 0 Å². The molecule has 1 fully saturated rings. The number of benzene rings is 1. The number of hydrogen-bond acceptors (Lipinski definition) is 4. The Bertz CT molecular complexity index is 521. The molecule has 1 heterocycles. The van der Waals surface area contributed by atoms with Crippen LogP contribution in [0, 0.1) is 0 Å². The SMILES string of the molecule is CC(C)(C)c1ccc(OCCCC(=O)N2CCOCC2CO)cc1. The summed E-state index contributed by atoms with van der Waals surface area (Å²) in [6.45, 7) is 8.51. The first-order valence-corrected chi connectivity index (χ1v) is 8.63. The number of hydrogen-bond donors (Lipinski definition) is 1. The lowest BCUT2D eigenvalue weighted by Crippen LogP contribution is -2.50. The van der Waals surface area contributed by atoms with Gasteiger partial charge in [-0.2, -0.15) is 0 Å². The molecule has 1 aliphatic rings. The van der Waals surface area contributed by atoms with E-state index in [9.17, 15) is 9.90 Å². The number of aliphatic hydroxyl groups is 1. The van der Waals surface area contributed by atoms with E-state index >= 15 is 0 Å². The summed E-state index contributed by atoms with van der Waals surface area (Å²) < 4.78 is 11.0. The molecule has 1 amide bonds. The second-order valence-corrected chi connectivity index (χ2v) is 7.22. The molecule has 5 nitrogen and oxygen atoms in total. The second kappa shape index (κ2) is 8.49. The van der Waals surface area contributed by atoms with Crippen molar-refractivity contribution >= 4 is 5.91 Å². The Morgan fingerprint density at radius 3 is 2.67 bits per heavy atom. The maximum atomic E-state index is 12.2. The number of amides is 1. The van der Waals surface area contributed by atoms with Gasteiger partial charge in [0.2, 0.25) is 5.91 Å². The Morgan fingerprint density at radius 1 is 1.33 bits per heavy atom. The fourth-order valence-electron chi connectivity index (χ4n) is 2.74. The summed E-state index contributed by atoms with van der Waals surface area (Å²) in [7, 11) is 0. The van der Waals surface area contributed by atoms with E-state index in [1.807, 2.05) is 12.1 Å². The van der Waals surface area contributed by atoms with Gasteiger partial charge in [-0.25, -0.2) is 0 Å². The normalized spacial score (nSPS) is 18.5. The molecular weight excluding hydrogens is 306 g/mol. The molecule has 1 aromatic rings. The highest BCUT2D eigenvalue weighted by molar-refractivity contribution is 5.76. The predicted molar refractivity (Wildman–Crippen MR) is 93.3 cm³/mol. The van der Waals surface area contributed by atoms with Gasteiger partial charge in [-0.15, -0.1) is 0 Å². The van der Waals surface area contributed by atoms with Crippen LogP contribution in [-0.2, 0) is 14.9 Å². The summed E-state index contributed by atoms with van der Waals surface area (Å²) in [5, 5.41) is 9.31. The van der Waals surface area contributed by atoms with Crippen LogP contribution in [0.1, 0.15) is 39.2 Å². The number of nitrogens with zero attached hydrogens (tertiary/aromatic N) is 1. The average molecular weight is 335 g/mol. The zero-order valence-electron chi connectivity index (χ0n) is 15.0. The van der Waals surface area contributed by atoms with E-state index in [0.29, 0.717) is 39.2 Å². The lowest BCUT2D eigenvalue weighted by atomic mass is 9.87. The molecule has 1 atom stereocenters. The predicted octanol–water partition coefficient (Wildman–Crippen LogP) is 2.36. The van der Waals surface area contributed by atoms with Gasteiger partial charge in [-0.3, -0.25) is 4.79 Å². The third-order valence-electron chi connectivity index (χ3n) is 4.28. The molecule has 0 bridgehead atoms. The fourth-order valence-corrected chi connectivity index (χ4v) is 2.74. The van der Waals surface area contributed by atoms with Gasteiger partial charge in [0.25, 0.3) is 0 Å². The number of morpholine rings is 1. The average Bonchev–Trinajstić information content (AvgIpc) is 2.58. The zero-order valence-corrected chi connectivity index (χ0v) is 15.0. The Balaban J connectivity index is 1.73. The second-order valence-electron chi connectivity index (χ2n) is 7.22. The summed E-state index contributed by atoms with van der Waals surface area (Å²) in [5.74, 6) is 0.888. The van der Waals surface area contributed by atoms with Crippen molar-refractivity contribution in [2.45, 2.75) is 45.1 Å². The minimum atomic E-state index is -0.211. The van der Waals surface area contributed by atoms with Crippen LogP contribution < -0.4 is 4.74 Å². The van der Waals surface area contributed by atoms with Crippen molar-refractivity contribution < 1.29 is 19.4 Å². The van der Waals surface area contributed by atoms with Crippen LogP contribution in [-0.4, -0.2) is 54.9 Å². The summed E-state index contributed by atoms with van der Waals surface area (Å²) in [6, 6.07) is 7.91. The molecule has 0 radical (unpaired) electrons. The van der Waals surface area contributed by atoms with E-state index in [0.717, 1.165) is 5.75 Å². The van der Waals surface area contributed by atoms with Gasteiger partial charge in [0.15, 0.2) is 0 Å². The van der Waals surface area contributed by atoms with E-state index in [1.54, 1.807) is 4.90 Å². The van der Waals surface area contributed by atoms with Gasteiger partial charge in [0.05, 0.1) is 32.5 Å². The van der Waals surface area contributed by atoms with Crippen LogP contribution in [0.3, 0.4) is 0 Å². The lowest BCUT2D eigenvalue weighted by molar-refractivity contribution is -0.141. The Labute approximate surface area is 144 Å². The topological polar surface area (TPSA) is 59.0 Å². The third-order valence-corrected chi connectivity index (χ3v) is 4.28. The standard InChI is InChI=1S/C19H29NO4/c1-19(2,3)15-6-8-17(9-7-15)24-11-4-5-18(22)20-10-12-23-14-16(20)13-21/h6-9,16,21H,4-5,10-14H2,1-3H3. The minimum absolute atomic E-state index is 0.0532. The summed E-state index contributed by atoms with van der Waals surface area (Å²) in [6.07, 6.45) is 1.09. The third kappa shape index (κ3) is 5.21. The van der Waals surface area contributed by atoms with Crippen molar-refractivity contribution in [1.82, 2.24) is 4.90 Å². The first-order chi connectivity index (χ1) is 11.4. The molecule has 0 aromatic heterocycles. The minimum Gasteiger partial charge on any atom is -0.494 e. The van der Waals surface area contributed by atoms with E-state index in [1.165, 1.54) is 5.56 Å². The van der Waals surface area contributed by atoms with Gasteiger partial charge < -0.3 is 19.5 Å². The highest BCUT2D eigenvalue weighted by atomic mass is 16.5. The highest BCUT2D eigenvalue weighted by Gasteiger charge is 2.26. The molecule has 2 rings (SSSR count). The molecule has 1 N–H and O–H groups in total. The lowest BCUT2D eigenvalue weighted by Gasteiger charge is -2.34. The first kappa shape index (κ1) is 18.7. The van der Waals surface area contributed by atoms with Crippen LogP contribution in [0.25, 0.3) is 0 Å². The van der Waals surface area contributed by atoms with E-state index < -0.39 is 0 Å². The maximum Gasteiger partial charge on any atom is 0.223 e. The van der Waals surface area contributed by atoms with Gasteiger partial charge in [-0.1, -0.05) is 32.9 Å². The number of carbonyl (C=O) groups excluding carboxylic acids is 1. The van der Waals surface area contributed by atoms with Crippen LogP contribution in [0.15, 0.2) is 24.3 Å². The molecule has 0 aliphatic carbocycles. The van der Waals surface area contributed by atoms with Crippen molar-refractivity contribution in [1.29, 1.82) is 0 Å². The Morgan fingerprint density at radius 2 is 2.04 bits per heavy atom. The van der Waals surface area contributed by atoms with Crippen LogP contribution in [0.5, 0.6) is 5.75 Å². The first-order valence-electron chi connectivity index (χ1n) is 8.63. The maximum absolute atomic E-state index is 12.2. The molecule has 5 heteroatoms. The smallest absolute Gasteiger partial charge is 0.223 e. The molecule has 1 unspecified atom stereocenters. The van der Waals surface area contributed by atoms with Crippen molar-refractivity contribution in [3.05, 3.63) is 29.8 Å². The van der Waals surface area contributed by atoms with E-state index in [-0.39, 0.29) is 24.0 Å². The molecule has 1 aliphatic heterocycles. The molecule has 0 spiro atoms. The van der Waals surface area contributed by atoms with Crippen molar-refractivity contribution in [3.8, 4) is 5.75 Å². The summed E-state index contributed by atoms with van der Waals surface area (Å²) in [5.41, 5.74) is 1.40. The largest absolute Gasteiger partial charge is 0.494 e. The number of carbonyl (C=O) groups is 1. The van der Waals surface area contributed by atoms with Gasteiger partial charge >= 0.3 is 0 Å². The van der Waals surface area contributed by atoms with Gasteiger partial charge in [0, 0.05) is 13.0 Å². The van der Waals surface area contributed by atoms with Crippen LogP contribution >= 0.6 is 0 Å². The molecule has 1 aromatic carbocycles. The van der Waals surface area contributed by atoms with Crippen molar-refractivity contribution in [3.63, 3.8) is 0 Å². The van der Waals surface area contributed by atoms with Crippen LogP contribution in [0.2, 0.25) is 0 Å². The molecule has 1 saturated heterocycles. The van der Waals surface area contributed by atoms with E-state index in [4.69, 9.17) is 9.47 Å². The summed E-state index contributed by atoms with van der Waals surface area (Å²) >= 11 is 0. The van der Waals surface area contributed by atoms with E-state index in [2.05, 4.69) is 32.9 Å². The molecule has 24 heavy (non-hydrogen) atoms. The number of rotatable bonds is 6. The summed E-state index contributed by atoms with van der Waals surface area (Å²) in [4.78, 5) is 14.0. The molecular formula is C19H29NO4. The molecule has 0 saturated carbocycles. The zero-order chi connectivity index (χ0) is 17.6. The van der Waals surface area contributed by atoms with Crippen molar-refractivity contribution in [2.75, 3.05) is 33.0 Å². The molecule has 134 valence electrons. The van der Waals surface area contributed by atoms with Gasteiger partial charge in [-0.05, 0) is 29.5 Å². The fraction of sp³-hybridized carbons (Fsp3) is 0.632. The number of ether oxygens (including phenoxy) is 2.